The first-order valence-corrected chi connectivity index (χ1v) is 8.11. The zero-order chi connectivity index (χ0) is 17.8. The predicted molar refractivity (Wildman–Crippen MR) is 95.0 cm³/mol. The molecule has 0 unspecified atom stereocenters. The van der Waals surface area contributed by atoms with Gasteiger partial charge in [0.1, 0.15) is 5.69 Å². The van der Waals surface area contributed by atoms with Crippen molar-refractivity contribution in [3.8, 4) is 22.6 Å². The average molecular weight is 345 g/mol. The van der Waals surface area contributed by atoms with Crippen molar-refractivity contribution in [2.45, 2.75) is 6.54 Å². The molecule has 1 N–H and O–H groups in total. The van der Waals surface area contributed by atoms with Crippen molar-refractivity contribution in [2.24, 2.45) is 0 Å². The number of benzene rings is 2. The van der Waals surface area contributed by atoms with Crippen LogP contribution in [0, 0.1) is 0 Å². The van der Waals surface area contributed by atoms with Crippen molar-refractivity contribution in [1.82, 2.24) is 15.6 Å². The highest BCUT2D eigenvalue weighted by Gasteiger charge is 2.14. The van der Waals surface area contributed by atoms with Crippen LogP contribution in [0.15, 0.2) is 81.8 Å². The van der Waals surface area contributed by atoms with E-state index in [0.29, 0.717) is 11.5 Å². The van der Waals surface area contributed by atoms with E-state index in [9.17, 15) is 4.79 Å². The third kappa shape index (κ3) is 3.39. The van der Waals surface area contributed by atoms with Crippen LogP contribution in [0.4, 0.5) is 0 Å². The minimum atomic E-state index is -0.339. The lowest BCUT2D eigenvalue weighted by atomic mass is 10.1. The highest BCUT2D eigenvalue weighted by Crippen LogP contribution is 2.20. The molecule has 0 spiro atoms. The number of aromatic nitrogens is 2. The molecule has 0 saturated carbocycles. The number of rotatable bonds is 5. The van der Waals surface area contributed by atoms with Crippen molar-refractivity contribution in [3.63, 3.8) is 0 Å². The van der Waals surface area contributed by atoms with Crippen molar-refractivity contribution in [2.75, 3.05) is 0 Å². The Hall–Kier alpha value is -3.67. The molecule has 26 heavy (non-hydrogen) atoms. The second kappa shape index (κ2) is 7.06. The van der Waals surface area contributed by atoms with Gasteiger partial charge in [0.05, 0.1) is 6.54 Å². The molecule has 0 aliphatic rings. The van der Waals surface area contributed by atoms with Gasteiger partial charge in [-0.25, -0.2) is 0 Å². The lowest BCUT2D eigenvalue weighted by Crippen LogP contribution is -2.22. The van der Waals surface area contributed by atoms with Crippen molar-refractivity contribution < 1.29 is 13.8 Å². The largest absolute Gasteiger partial charge is 0.359 e. The summed E-state index contributed by atoms with van der Waals surface area (Å²) in [6.45, 7) is 0.214. The quantitative estimate of drug-likeness (QED) is 0.593. The smallest absolute Gasteiger partial charge is 0.273 e. The molecule has 0 atom stereocenters. The zero-order valence-corrected chi connectivity index (χ0v) is 13.8. The first-order valence-electron chi connectivity index (χ1n) is 8.11. The van der Waals surface area contributed by atoms with E-state index in [0.717, 1.165) is 16.8 Å². The van der Waals surface area contributed by atoms with Crippen molar-refractivity contribution >= 4 is 5.91 Å². The molecular weight excluding hydrogens is 330 g/mol. The molecule has 0 fully saturated rings. The molecule has 0 aliphatic carbocycles. The van der Waals surface area contributed by atoms with Gasteiger partial charge in [0, 0.05) is 23.3 Å². The van der Waals surface area contributed by atoms with E-state index in [1.54, 1.807) is 12.1 Å². The van der Waals surface area contributed by atoms with Crippen LogP contribution in [0.3, 0.4) is 0 Å². The van der Waals surface area contributed by atoms with Gasteiger partial charge in [-0.15, -0.1) is 0 Å². The topological polar surface area (TPSA) is 81.2 Å². The number of nitrogens with zero attached hydrogens (tertiary/aromatic N) is 2. The number of carbonyl (C=O) groups excluding carboxylic acids is 1. The third-order valence-corrected chi connectivity index (χ3v) is 3.85. The zero-order valence-electron chi connectivity index (χ0n) is 13.8. The van der Waals surface area contributed by atoms with Crippen LogP contribution in [0.5, 0.6) is 0 Å². The Bertz CT molecular complexity index is 1010. The van der Waals surface area contributed by atoms with E-state index in [-0.39, 0.29) is 18.1 Å². The van der Waals surface area contributed by atoms with E-state index in [4.69, 9.17) is 9.05 Å². The van der Waals surface area contributed by atoms with Gasteiger partial charge in [0.15, 0.2) is 17.2 Å². The Labute approximate surface area is 149 Å². The van der Waals surface area contributed by atoms with E-state index in [1.807, 2.05) is 60.7 Å². The molecule has 0 bridgehead atoms. The maximum absolute atomic E-state index is 12.2. The van der Waals surface area contributed by atoms with E-state index < -0.39 is 0 Å². The molecule has 2 aromatic carbocycles. The fourth-order valence-corrected chi connectivity index (χ4v) is 2.52. The summed E-state index contributed by atoms with van der Waals surface area (Å²) >= 11 is 0. The monoisotopic (exact) mass is 345 g/mol. The van der Waals surface area contributed by atoms with Crippen LogP contribution >= 0.6 is 0 Å². The van der Waals surface area contributed by atoms with Gasteiger partial charge >= 0.3 is 0 Å². The molecule has 0 saturated heterocycles. The molecule has 0 radical (unpaired) electrons. The summed E-state index contributed by atoms with van der Waals surface area (Å²) in [5, 5.41) is 10.6. The van der Waals surface area contributed by atoms with E-state index in [2.05, 4.69) is 15.6 Å². The van der Waals surface area contributed by atoms with Crippen LogP contribution in [0.1, 0.15) is 16.2 Å². The lowest BCUT2D eigenvalue weighted by molar-refractivity contribution is 0.0938. The standard InChI is InChI=1S/C20H15N3O3/c24-20(18-12-19(26-23-18)15-9-5-2-6-10-15)21-13-16-11-17(22-25-16)14-7-3-1-4-8-14/h1-12H,13H2,(H,21,24). The Morgan fingerprint density at radius 2 is 1.54 bits per heavy atom. The van der Waals surface area contributed by atoms with Gasteiger partial charge in [-0.05, 0) is 0 Å². The van der Waals surface area contributed by atoms with Crippen LogP contribution in [0.2, 0.25) is 0 Å². The van der Waals surface area contributed by atoms with E-state index in [1.165, 1.54) is 0 Å². The molecule has 0 aliphatic heterocycles. The average Bonchev–Trinajstić information content (AvgIpc) is 3.37. The summed E-state index contributed by atoms with van der Waals surface area (Å²) in [5.41, 5.74) is 2.76. The second-order valence-corrected chi connectivity index (χ2v) is 5.67. The second-order valence-electron chi connectivity index (χ2n) is 5.67. The predicted octanol–water partition coefficient (Wildman–Crippen LogP) is 3.93. The Balaban J connectivity index is 1.40. The van der Waals surface area contributed by atoms with Gasteiger partial charge in [0.2, 0.25) is 0 Å². The molecule has 1 amide bonds. The fourth-order valence-electron chi connectivity index (χ4n) is 2.52. The van der Waals surface area contributed by atoms with E-state index >= 15 is 0 Å². The van der Waals surface area contributed by atoms with Gasteiger partial charge in [-0.1, -0.05) is 71.0 Å². The number of nitrogens with one attached hydrogen (secondary N) is 1. The first-order chi connectivity index (χ1) is 12.8. The Kier molecular flexibility index (Phi) is 4.30. The SMILES string of the molecule is O=C(NCc1cc(-c2ccccc2)no1)c1cc(-c2ccccc2)on1. The number of hydrogen-bond donors (Lipinski definition) is 1. The van der Waals surface area contributed by atoms with Gasteiger partial charge in [-0.2, -0.15) is 0 Å². The minimum Gasteiger partial charge on any atom is -0.359 e. The molecule has 128 valence electrons. The maximum atomic E-state index is 12.2. The Morgan fingerprint density at radius 1 is 0.846 bits per heavy atom. The van der Waals surface area contributed by atoms with Gasteiger partial charge in [-0.3, -0.25) is 4.79 Å². The van der Waals surface area contributed by atoms with Crippen LogP contribution in [0.25, 0.3) is 22.6 Å². The van der Waals surface area contributed by atoms with Gasteiger partial charge in [0.25, 0.3) is 5.91 Å². The van der Waals surface area contributed by atoms with Crippen molar-refractivity contribution in [1.29, 1.82) is 0 Å². The number of amides is 1. The molecule has 2 aromatic heterocycles. The third-order valence-electron chi connectivity index (χ3n) is 3.85. The highest BCUT2D eigenvalue weighted by molar-refractivity contribution is 5.93. The van der Waals surface area contributed by atoms with Gasteiger partial charge < -0.3 is 14.4 Å². The molecule has 6 heteroatoms. The summed E-state index contributed by atoms with van der Waals surface area (Å²) in [5.74, 6) is 0.763. The normalized spacial score (nSPS) is 10.6. The highest BCUT2D eigenvalue weighted by atomic mass is 16.5. The summed E-state index contributed by atoms with van der Waals surface area (Å²) in [4.78, 5) is 12.2. The first kappa shape index (κ1) is 15.8. The molecule has 4 rings (SSSR count). The minimum absolute atomic E-state index is 0.214. The number of hydrogen-bond acceptors (Lipinski definition) is 5. The van der Waals surface area contributed by atoms with Crippen LogP contribution in [-0.2, 0) is 6.54 Å². The molecule has 4 aromatic rings. The summed E-state index contributed by atoms with van der Waals surface area (Å²) in [7, 11) is 0. The molecule has 6 nitrogen and oxygen atoms in total. The van der Waals surface area contributed by atoms with Crippen LogP contribution in [-0.4, -0.2) is 16.2 Å². The van der Waals surface area contributed by atoms with Crippen molar-refractivity contribution in [3.05, 3.63) is 84.3 Å². The summed E-state index contributed by atoms with van der Waals surface area (Å²) in [6.07, 6.45) is 0. The molecular formula is C20H15N3O3. The summed E-state index contributed by atoms with van der Waals surface area (Å²) in [6, 6.07) is 22.6. The van der Waals surface area contributed by atoms with Crippen LogP contribution < -0.4 is 5.32 Å². The lowest BCUT2D eigenvalue weighted by Gasteiger charge is -1.98. The summed E-state index contributed by atoms with van der Waals surface area (Å²) < 4.78 is 10.5. The Morgan fingerprint density at radius 3 is 2.27 bits per heavy atom. The fraction of sp³-hybridized carbons (Fsp3) is 0.0500. The number of carbonyl (C=O) groups is 1. The maximum Gasteiger partial charge on any atom is 0.273 e. The molecule has 2 heterocycles.